The van der Waals surface area contributed by atoms with E-state index in [-0.39, 0.29) is 29.8 Å². The zero-order chi connectivity index (χ0) is 17.9. The highest BCUT2D eigenvalue weighted by molar-refractivity contribution is 5.87. The standard InChI is InChI=1S/C19H27NO4/c1-12-7-5-6-8-13(12)14-11-15(14)17(21)20-16(18(22)23)9-10-24-19(2,3)4/h5-8,14-16H,9-11H2,1-4H3,(H,20,21)(H,22,23). The molecule has 5 heteroatoms. The Balaban J connectivity index is 1.88. The minimum absolute atomic E-state index is 0.128. The summed E-state index contributed by atoms with van der Waals surface area (Å²) in [5.74, 6) is -1.12. The van der Waals surface area contributed by atoms with Crippen LogP contribution in [0.4, 0.5) is 0 Å². The Morgan fingerprint density at radius 3 is 2.58 bits per heavy atom. The highest BCUT2D eigenvalue weighted by Crippen LogP contribution is 2.48. The van der Waals surface area contributed by atoms with Gasteiger partial charge in [-0.25, -0.2) is 4.79 Å². The van der Waals surface area contributed by atoms with Crippen LogP contribution in [0.2, 0.25) is 0 Å². The smallest absolute Gasteiger partial charge is 0.326 e. The molecule has 1 aromatic carbocycles. The van der Waals surface area contributed by atoms with Crippen molar-refractivity contribution in [2.75, 3.05) is 6.61 Å². The Bertz CT molecular complexity index is 606. The number of aryl methyl sites for hydroxylation is 1. The maximum Gasteiger partial charge on any atom is 0.326 e. The number of carboxylic acid groups (broad SMARTS) is 1. The number of hydrogen-bond acceptors (Lipinski definition) is 3. The van der Waals surface area contributed by atoms with E-state index in [1.165, 1.54) is 11.1 Å². The van der Waals surface area contributed by atoms with Crippen molar-refractivity contribution in [1.29, 1.82) is 0 Å². The Hall–Kier alpha value is -1.88. The van der Waals surface area contributed by atoms with Gasteiger partial charge in [-0.1, -0.05) is 24.3 Å². The molecule has 2 rings (SSSR count). The molecule has 0 saturated heterocycles. The van der Waals surface area contributed by atoms with Gasteiger partial charge in [0.1, 0.15) is 6.04 Å². The largest absolute Gasteiger partial charge is 0.480 e. The summed E-state index contributed by atoms with van der Waals surface area (Å²) in [5.41, 5.74) is 2.03. The molecule has 0 aliphatic heterocycles. The number of amides is 1. The van der Waals surface area contributed by atoms with Crippen molar-refractivity contribution in [3.05, 3.63) is 35.4 Å². The topological polar surface area (TPSA) is 75.6 Å². The second-order valence-corrected chi connectivity index (χ2v) is 7.45. The minimum Gasteiger partial charge on any atom is -0.480 e. The van der Waals surface area contributed by atoms with Crippen LogP contribution in [0.5, 0.6) is 0 Å². The van der Waals surface area contributed by atoms with Gasteiger partial charge in [-0.15, -0.1) is 0 Å². The van der Waals surface area contributed by atoms with Crippen LogP contribution >= 0.6 is 0 Å². The molecule has 0 radical (unpaired) electrons. The van der Waals surface area contributed by atoms with Gasteiger partial charge in [0.25, 0.3) is 0 Å². The molecule has 24 heavy (non-hydrogen) atoms. The van der Waals surface area contributed by atoms with Crippen molar-refractivity contribution in [2.45, 2.75) is 58.1 Å². The van der Waals surface area contributed by atoms with Crippen molar-refractivity contribution in [3.8, 4) is 0 Å². The van der Waals surface area contributed by atoms with Crippen LogP contribution in [-0.2, 0) is 14.3 Å². The van der Waals surface area contributed by atoms with E-state index >= 15 is 0 Å². The number of carbonyl (C=O) groups is 2. The fraction of sp³-hybridized carbons (Fsp3) is 0.579. The van der Waals surface area contributed by atoms with E-state index < -0.39 is 12.0 Å². The first-order chi connectivity index (χ1) is 11.2. The number of rotatable bonds is 7. The van der Waals surface area contributed by atoms with Crippen molar-refractivity contribution in [1.82, 2.24) is 5.32 Å². The van der Waals surface area contributed by atoms with E-state index in [4.69, 9.17) is 4.74 Å². The third-order valence-corrected chi connectivity index (χ3v) is 4.27. The Labute approximate surface area is 143 Å². The van der Waals surface area contributed by atoms with Crippen molar-refractivity contribution < 1.29 is 19.4 Å². The van der Waals surface area contributed by atoms with E-state index in [1.807, 2.05) is 52.0 Å². The summed E-state index contributed by atoms with van der Waals surface area (Å²) in [6.07, 6.45) is 1.04. The molecule has 1 aliphatic rings. The van der Waals surface area contributed by atoms with Gasteiger partial charge in [-0.05, 0) is 51.2 Å². The Morgan fingerprint density at radius 1 is 1.33 bits per heavy atom. The molecule has 2 N–H and O–H groups in total. The zero-order valence-corrected chi connectivity index (χ0v) is 14.8. The van der Waals surface area contributed by atoms with Gasteiger partial charge in [0.15, 0.2) is 0 Å². The summed E-state index contributed by atoms with van der Waals surface area (Å²) in [6.45, 7) is 8.08. The Kier molecular flexibility index (Phi) is 5.65. The highest BCUT2D eigenvalue weighted by atomic mass is 16.5. The van der Waals surface area contributed by atoms with Crippen LogP contribution in [0.3, 0.4) is 0 Å². The number of benzene rings is 1. The number of aliphatic carboxylic acids is 1. The summed E-state index contributed by atoms with van der Waals surface area (Å²) in [6, 6.07) is 7.12. The fourth-order valence-corrected chi connectivity index (χ4v) is 2.85. The zero-order valence-electron chi connectivity index (χ0n) is 14.8. The SMILES string of the molecule is Cc1ccccc1C1CC1C(=O)NC(CCOC(C)(C)C)C(=O)O. The normalized spacial score (nSPS) is 21.2. The molecular formula is C19H27NO4. The molecule has 0 spiro atoms. The molecule has 3 unspecified atom stereocenters. The molecule has 1 fully saturated rings. The van der Waals surface area contributed by atoms with Gasteiger partial charge in [-0.3, -0.25) is 4.79 Å². The van der Waals surface area contributed by atoms with E-state index in [9.17, 15) is 14.7 Å². The molecule has 1 amide bonds. The van der Waals surface area contributed by atoms with E-state index in [2.05, 4.69) is 5.32 Å². The predicted octanol–water partition coefficient (Wildman–Crippen LogP) is 2.87. The summed E-state index contributed by atoms with van der Waals surface area (Å²) in [4.78, 5) is 23.7. The molecule has 1 aliphatic carbocycles. The maximum absolute atomic E-state index is 12.4. The third kappa shape index (κ3) is 5.06. The predicted molar refractivity (Wildman–Crippen MR) is 91.9 cm³/mol. The summed E-state index contributed by atoms with van der Waals surface area (Å²) in [5, 5.41) is 12.0. The molecule has 5 nitrogen and oxygen atoms in total. The van der Waals surface area contributed by atoms with Gasteiger partial charge >= 0.3 is 5.97 Å². The van der Waals surface area contributed by atoms with E-state index in [0.29, 0.717) is 6.61 Å². The molecule has 1 aromatic rings. The van der Waals surface area contributed by atoms with E-state index in [1.54, 1.807) is 0 Å². The van der Waals surface area contributed by atoms with Crippen molar-refractivity contribution in [2.24, 2.45) is 5.92 Å². The quantitative estimate of drug-likeness (QED) is 0.804. The Morgan fingerprint density at radius 2 is 2.00 bits per heavy atom. The molecule has 1 saturated carbocycles. The van der Waals surface area contributed by atoms with Gasteiger partial charge in [0.05, 0.1) is 5.60 Å². The first-order valence-corrected chi connectivity index (χ1v) is 8.41. The lowest BCUT2D eigenvalue weighted by atomic mass is 10.0. The summed E-state index contributed by atoms with van der Waals surface area (Å²) >= 11 is 0. The molecule has 0 bridgehead atoms. The third-order valence-electron chi connectivity index (χ3n) is 4.27. The molecular weight excluding hydrogens is 306 g/mol. The second-order valence-electron chi connectivity index (χ2n) is 7.45. The van der Waals surface area contributed by atoms with E-state index in [0.717, 1.165) is 6.42 Å². The number of hydrogen-bond donors (Lipinski definition) is 2. The lowest BCUT2D eigenvalue weighted by Gasteiger charge is -2.21. The summed E-state index contributed by atoms with van der Waals surface area (Å²) in [7, 11) is 0. The number of nitrogens with one attached hydrogen (secondary N) is 1. The summed E-state index contributed by atoms with van der Waals surface area (Å²) < 4.78 is 5.56. The lowest BCUT2D eigenvalue weighted by Crippen LogP contribution is -2.42. The van der Waals surface area contributed by atoms with Crippen LogP contribution in [0.15, 0.2) is 24.3 Å². The molecule has 0 aromatic heterocycles. The maximum atomic E-state index is 12.4. The highest BCUT2D eigenvalue weighted by Gasteiger charge is 2.45. The second kappa shape index (κ2) is 7.34. The van der Waals surface area contributed by atoms with Crippen molar-refractivity contribution >= 4 is 11.9 Å². The molecule has 0 heterocycles. The van der Waals surface area contributed by atoms with Gasteiger partial charge in [0, 0.05) is 18.9 Å². The van der Waals surface area contributed by atoms with Gasteiger partial charge < -0.3 is 15.2 Å². The number of carbonyl (C=O) groups excluding carboxylic acids is 1. The van der Waals surface area contributed by atoms with Crippen LogP contribution in [0.1, 0.15) is 50.7 Å². The fourth-order valence-electron chi connectivity index (χ4n) is 2.85. The molecule has 3 atom stereocenters. The number of carboxylic acids is 1. The number of ether oxygens (including phenoxy) is 1. The van der Waals surface area contributed by atoms with Gasteiger partial charge in [-0.2, -0.15) is 0 Å². The van der Waals surface area contributed by atoms with Gasteiger partial charge in [0.2, 0.25) is 5.91 Å². The molecule has 132 valence electrons. The first kappa shape index (κ1) is 18.5. The average Bonchev–Trinajstić information content (AvgIpc) is 3.25. The monoisotopic (exact) mass is 333 g/mol. The lowest BCUT2D eigenvalue weighted by molar-refractivity contribution is -0.143. The minimum atomic E-state index is -1.02. The van der Waals surface area contributed by atoms with Crippen LogP contribution in [-0.4, -0.2) is 35.2 Å². The van der Waals surface area contributed by atoms with Crippen LogP contribution in [0.25, 0.3) is 0 Å². The van der Waals surface area contributed by atoms with Crippen molar-refractivity contribution in [3.63, 3.8) is 0 Å². The van der Waals surface area contributed by atoms with Crippen LogP contribution < -0.4 is 5.32 Å². The average molecular weight is 333 g/mol. The van der Waals surface area contributed by atoms with Crippen LogP contribution in [0, 0.1) is 12.8 Å². The first-order valence-electron chi connectivity index (χ1n) is 8.41.